The first-order valence-corrected chi connectivity index (χ1v) is 17.4. The number of hydrogen-bond acceptors (Lipinski definition) is 7. The highest BCUT2D eigenvalue weighted by atomic mass is 35.5. The van der Waals surface area contributed by atoms with E-state index in [2.05, 4.69) is 43.8 Å². The van der Waals surface area contributed by atoms with Crippen molar-refractivity contribution in [3.05, 3.63) is 58.1 Å². The Kier molecular flexibility index (Phi) is 9.58. The van der Waals surface area contributed by atoms with Crippen LogP contribution in [0, 0.1) is 0 Å². The van der Waals surface area contributed by atoms with Crippen LogP contribution in [-0.2, 0) is 18.6 Å². The van der Waals surface area contributed by atoms with Crippen LogP contribution in [-0.4, -0.2) is 59.2 Å². The van der Waals surface area contributed by atoms with Gasteiger partial charge in [0.2, 0.25) is 0 Å². The number of aliphatic hydroxyl groups is 1. The average Bonchev–Trinajstić information content (AvgIpc) is 3.42. The Bertz CT molecular complexity index is 1370. The van der Waals surface area contributed by atoms with Crippen LogP contribution in [0.1, 0.15) is 71.2 Å². The number of halogens is 3. The molecule has 8 nitrogen and oxygen atoms in total. The smallest absolute Gasteiger partial charge is 0.192 e. The summed E-state index contributed by atoms with van der Waals surface area (Å²) < 4.78 is 42.2. The molecule has 1 aliphatic rings. The number of fused-ring (bicyclic) bond motifs is 1. The standard InChI is InChI=1S/C29H40Cl2FN3O5Si/c1-17-24(40-29(5,6)39-17)27(35-12-11-20-25(31)33-16-34-26(20)35)37-15-23(36)19-10-9-18(30)13-21(19)22(32)14-38-41(7,8)28(2,3)4/h9-13,16-17,22-24,27,36H,14-15H2,1-8H3/t17-,22-,23+,24-,27-/m1/s1. The monoisotopic (exact) mass is 627 g/mol. The molecule has 0 radical (unpaired) electrons. The normalized spacial score (nSPS) is 21.8. The number of ether oxygens (including phenoxy) is 3. The zero-order chi connectivity index (χ0) is 30.3. The van der Waals surface area contributed by atoms with Gasteiger partial charge in [0.05, 0.1) is 24.7 Å². The average molecular weight is 629 g/mol. The maximum absolute atomic E-state index is 15.7. The van der Waals surface area contributed by atoms with Crippen LogP contribution < -0.4 is 0 Å². The summed E-state index contributed by atoms with van der Waals surface area (Å²) in [5.74, 6) is -0.838. The number of aliphatic hydroxyl groups excluding tert-OH is 1. The summed E-state index contributed by atoms with van der Waals surface area (Å²) in [5, 5.41) is 12.6. The van der Waals surface area contributed by atoms with Crippen molar-refractivity contribution >= 4 is 42.6 Å². The largest absolute Gasteiger partial charge is 0.414 e. The van der Waals surface area contributed by atoms with Gasteiger partial charge in [0.25, 0.3) is 0 Å². The third kappa shape index (κ3) is 7.13. The summed E-state index contributed by atoms with van der Waals surface area (Å²) >= 11 is 12.6. The minimum atomic E-state index is -2.19. The Balaban J connectivity index is 1.59. The molecule has 2 aromatic heterocycles. The first-order chi connectivity index (χ1) is 19.0. The van der Waals surface area contributed by atoms with E-state index in [1.165, 1.54) is 12.4 Å². The molecule has 3 heterocycles. The first kappa shape index (κ1) is 32.3. The molecular formula is C29H40Cl2FN3O5Si. The first-order valence-electron chi connectivity index (χ1n) is 13.7. The van der Waals surface area contributed by atoms with Gasteiger partial charge in [-0.25, -0.2) is 14.4 Å². The van der Waals surface area contributed by atoms with Gasteiger partial charge in [0.15, 0.2) is 20.3 Å². The van der Waals surface area contributed by atoms with Crippen molar-refractivity contribution in [2.45, 2.75) is 96.2 Å². The van der Waals surface area contributed by atoms with Crippen LogP contribution in [0.2, 0.25) is 28.3 Å². The fourth-order valence-electron chi connectivity index (χ4n) is 4.72. The van der Waals surface area contributed by atoms with Crippen molar-refractivity contribution in [3.63, 3.8) is 0 Å². The van der Waals surface area contributed by atoms with Gasteiger partial charge in [-0.1, -0.05) is 50.0 Å². The predicted molar refractivity (Wildman–Crippen MR) is 160 cm³/mol. The SMILES string of the molecule is C[C@H]1OC(C)(C)O[C@H]1[C@@H](OC[C@H](O)c1ccc(Cl)cc1[C@H](F)CO[Si](C)(C)C(C)(C)C)n1ccc2c(Cl)ncnc21. The van der Waals surface area contributed by atoms with Crippen molar-refractivity contribution < 1.29 is 28.1 Å². The summed E-state index contributed by atoms with van der Waals surface area (Å²) in [6, 6.07) is 6.58. The second-order valence-electron chi connectivity index (χ2n) is 12.5. The van der Waals surface area contributed by atoms with Gasteiger partial charge in [0.1, 0.15) is 35.5 Å². The van der Waals surface area contributed by atoms with E-state index in [1.54, 1.807) is 29.0 Å². The molecule has 5 atom stereocenters. The van der Waals surface area contributed by atoms with Crippen LogP contribution in [0.4, 0.5) is 4.39 Å². The highest BCUT2D eigenvalue weighted by Crippen LogP contribution is 2.40. The number of nitrogens with zero attached hydrogens (tertiary/aromatic N) is 3. The van der Waals surface area contributed by atoms with Gasteiger partial charge < -0.3 is 28.3 Å². The van der Waals surface area contributed by atoms with Crippen LogP contribution in [0.3, 0.4) is 0 Å². The summed E-state index contributed by atoms with van der Waals surface area (Å²) in [7, 11) is -2.19. The lowest BCUT2D eigenvalue weighted by Gasteiger charge is -2.36. The van der Waals surface area contributed by atoms with Crippen molar-refractivity contribution in [3.8, 4) is 0 Å². The van der Waals surface area contributed by atoms with Gasteiger partial charge in [-0.05, 0) is 68.2 Å². The second kappa shape index (κ2) is 12.2. The Morgan fingerprint density at radius 3 is 2.46 bits per heavy atom. The van der Waals surface area contributed by atoms with Gasteiger partial charge in [-0.15, -0.1) is 0 Å². The fourth-order valence-corrected chi connectivity index (χ4v) is 6.09. The maximum Gasteiger partial charge on any atom is 0.192 e. The zero-order valence-corrected chi connectivity index (χ0v) is 27.3. The third-order valence-corrected chi connectivity index (χ3v) is 13.0. The Morgan fingerprint density at radius 2 is 1.83 bits per heavy atom. The molecule has 0 amide bonds. The molecule has 1 aliphatic heterocycles. The maximum atomic E-state index is 15.7. The molecule has 4 rings (SSSR count). The molecule has 0 bridgehead atoms. The molecule has 226 valence electrons. The van der Waals surface area contributed by atoms with Crippen molar-refractivity contribution in [2.24, 2.45) is 0 Å². The van der Waals surface area contributed by atoms with Gasteiger partial charge in [0, 0.05) is 11.2 Å². The molecule has 1 N–H and O–H groups in total. The minimum absolute atomic E-state index is 0.0677. The van der Waals surface area contributed by atoms with E-state index in [9.17, 15) is 5.11 Å². The van der Waals surface area contributed by atoms with E-state index in [0.717, 1.165) is 0 Å². The molecule has 0 aliphatic carbocycles. The molecule has 0 spiro atoms. The molecule has 0 saturated carbocycles. The Morgan fingerprint density at radius 1 is 1.12 bits per heavy atom. The number of hydrogen-bond donors (Lipinski definition) is 1. The number of benzene rings is 1. The molecule has 41 heavy (non-hydrogen) atoms. The summed E-state index contributed by atoms with van der Waals surface area (Å²) in [5.41, 5.74) is 1.19. The van der Waals surface area contributed by atoms with Crippen LogP contribution in [0.5, 0.6) is 0 Å². The molecule has 12 heteroatoms. The minimum Gasteiger partial charge on any atom is -0.414 e. The van der Waals surface area contributed by atoms with E-state index in [4.69, 9.17) is 41.8 Å². The Hall–Kier alpha value is -1.63. The van der Waals surface area contributed by atoms with Crippen LogP contribution >= 0.6 is 23.2 Å². The molecule has 1 aromatic carbocycles. The van der Waals surface area contributed by atoms with Crippen molar-refractivity contribution in [2.75, 3.05) is 13.2 Å². The van der Waals surface area contributed by atoms with E-state index >= 15 is 4.39 Å². The van der Waals surface area contributed by atoms with Gasteiger partial charge >= 0.3 is 0 Å². The van der Waals surface area contributed by atoms with E-state index < -0.39 is 38.7 Å². The molecular weight excluding hydrogens is 588 g/mol. The summed E-state index contributed by atoms with van der Waals surface area (Å²) in [4.78, 5) is 8.46. The van der Waals surface area contributed by atoms with E-state index in [0.29, 0.717) is 26.8 Å². The lowest BCUT2D eigenvalue weighted by Crippen LogP contribution is -2.41. The van der Waals surface area contributed by atoms with Gasteiger partial charge in [-0.3, -0.25) is 0 Å². The number of rotatable bonds is 10. The highest BCUT2D eigenvalue weighted by molar-refractivity contribution is 6.74. The van der Waals surface area contributed by atoms with Crippen molar-refractivity contribution in [1.82, 2.24) is 14.5 Å². The number of aromatic nitrogens is 3. The summed E-state index contributed by atoms with van der Waals surface area (Å²) in [6.07, 6.45) is -1.12. The number of alkyl halides is 1. The summed E-state index contributed by atoms with van der Waals surface area (Å²) in [6.45, 7) is 15.7. The molecule has 0 unspecified atom stereocenters. The van der Waals surface area contributed by atoms with E-state index in [1.807, 2.05) is 20.8 Å². The molecule has 1 saturated heterocycles. The third-order valence-electron chi connectivity index (χ3n) is 7.93. The predicted octanol–water partition coefficient (Wildman–Crippen LogP) is 7.56. The highest BCUT2D eigenvalue weighted by Gasteiger charge is 2.45. The lowest BCUT2D eigenvalue weighted by molar-refractivity contribution is -0.172. The fraction of sp³-hybridized carbons (Fsp3) is 0.586. The van der Waals surface area contributed by atoms with Crippen LogP contribution in [0.25, 0.3) is 11.0 Å². The molecule has 1 fully saturated rings. The van der Waals surface area contributed by atoms with Crippen LogP contribution in [0.15, 0.2) is 36.8 Å². The van der Waals surface area contributed by atoms with Gasteiger partial charge in [-0.2, -0.15) is 0 Å². The quantitative estimate of drug-likeness (QED) is 0.183. The van der Waals surface area contributed by atoms with Crippen molar-refractivity contribution in [1.29, 1.82) is 0 Å². The zero-order valence-electron chi connectivity index (χ0n) is 24.8. The lowest BCUT2D eigenvalue weighted by atomic mass is 9.99. The molecule has 3 aromatic rings. The topological polar surface area (TPSA) is 87.9 Å². The second-order valence-corrected chi connectivity index (χ2v) is 18.1. The van der Waals surface area contributed by atoms with E-state index in [-0.39, 0.29) is 29.9 Å². The Labute approximate surface area is 252 Å².